The molecule has 1 aliphatic rings. The van der Waals surface area contributed by atoms with Gasteiger partial charge in [0.05, 0.1) is 11.6 Å². The number of para-hydroxylation sites is 1. The molecule has 6 heteroatoms. The van der Waals surface area contributed by atoms with Crippen molar-refractivity contribution in [1.29, 1.82) is 0 Å². The Morgan fingerprint density at radius 3 is 2.60 bits per heavy atom. The maximum absolute atomic E-state index is 12.8. The van der Waals surface area contributed by atoms with E-state index in [0.29, 0.717) is 6.54 Å². The van der Waals surface area contributed by atoms with Gasteiger partial charge < -0.3 is 16.0 Å². The van der Waals surface area contributed by atoms with Crippen molar-refractivity contribution in [2.75, 3.05) is 11.9 Å². The molecule has 3 amide bonds. The summed E-state index contributed by atoms with van der Waals surface area (Å²) in [6, 6.07) is 11.3. The molecule has 2 heterocycles. The molecule has 0 aliphatic carbocycles. The second-order valence-electron chi connectivity index (χ2n) is 6.39. The summed E-state index contributed by atoms with van der Waals surface area (Å²) in [5.41, 5.74) is 8.06. The quantitative estimate of drug-likeness (QED) is 0.902. The number of pyridine rings is 1. The fourth-order valence-electron chi connectivity index (χ4n) is 3.18. The van der Waals surface area contributed by atoms with E-state index in [9.17, 15) is 9.59 Å². The molecule has 2 aromatic rings. The van der Waals surface area contributed by atoms with Crippen LogP contribution in [0.1, 0.15) is 19.8 Å². The van der Waals surface area contributed by atoms with Crippen LogP contribution in [-0.2, 0) is 4.79 Å². The van der Waals surface area contributed by atoms with Crippen molar-refractivity contribution in [1.82, 2.24) is 9.88 Å². The van der Waals surface area contributed by atoms with Crippen LogP contribution in [0.15, 0.2) is 48.8 Å². The summed E-state index contributed by atoms with van der Waals surface area (Å²) >= 11 is 0. The van der Waals surface area contributed by atoms with Gasteiger partial charge in [-0.05, 0) is 43.5 Å². The Morgan fingerprint density at radius 1 is 1.16 bits per heavy atom. The third-order valence-corrected chi connectivity index (χ3v) is 4.71. The van der Waals surface area contributed by atoms with E-state index in [1.807, 2.05) is 43.3 Å². The molecule has 0 saturated carbocycles. The lowest BCUT2D eigenvalue weighted by molar-refractivity contribution is -0.123. The number of anilines is 1. The molecular formula is C19H22N4O2. The van der Waals surface area contributed by atoms with Gasteiger partial charge in [-0.1, -0.05) is 18.2 Å². The van der Waals surface area contributed by atoms with E-state index in [-0.39, 0.29) is 23.9 Å². The smallest absolute Gasteiger partial charge is 0.322 e. The zero-order chi connectivity index (χ0) is 17.8. The molecule has 0 unspecified atom stereocenters. The minimum Gasteiger partial charge on any atom is -0.369 e. The van der Waals surface area contributed by atoms with Crippen molar-refractivity contribution < 1.29 is 9.59 Å². The van der Waals surface area contributed by atoms with Crippen LogP contribution in [0.5, 0.6) is 0 Å². The number of hydrogen-bond donors (Lipinski definition) is 2. The number of likely N-dealkylation sites (tertiary alicyclic amines) is 1. The van der Waals surface area contributed by atoms with Crippen LogP contribution in [0.25, 0.3) is 11.1 Å². The highest BCUT2D eigenvalue weighted by molar-refractivity contribution is 5.95. The summed E-state index contributed by atoms with van der Waals surface area (Å²) in [4.78, 5) is 30.0. The van der Waals surface area contributed by atoms with Crippen molar-refractivity contribution in [2.24, 2.45) is 11.7 Å². The monoisotopic (exact) mass is 338 g/mol. The number of amides is 3. The van der Waals surface area contributed by atoms with Crippen LogP contribution in [0.4, 0.5) is 10.5 Å². The van der Waals surface area contributed by atoms with Gasteiger partial charge in [-0.25, -0.2) is 4.79 Å². The van der Waals surface area contributed by atoms with Crippen molar-refractivity contribution in [3.8, 4) is 11.1 Å². The molecule has 0 spiro atoms. The van der Waals surface area contributed by atoms with Crippen LogP contribution >= 0.6 is 0 Å². The highest BCUT2D eigenvalue weighted by Gasteiger charge is 2.31. The number of carbonyl (C=O) groups is 2. The number of nitrogens with two attached hydrogens (primary N) is 1. The molecule has 1 aromatic carbocycles. The molecule has 3 rings (SSSR count). The lowest BCUT2D eigenvalue weighted by Crippen LogP contribution is -2.50. The Morgan fingerprint density at radius 2 is 1.88 bits per heavy atom. The van der Waals surface area contributed by atoms with Crippen LogP contribution < -0.4 is 11.1 Å². The third kappa shape index (κ3) is 3.79. The molecule has 3 N–H and O–H groups in total. The van der Waals surface area contributed by atoms with Gasteiger partial charge >= 0.3 is 6.03 Å². The molecule has 1 aliphatic heterocycles. The molecular weight excluding hydrogens is 316 g/mol. The van der Waals surface area contributed by atoms with Gasteiger partial charge in [-0.2, -0.15) is 0 Å². The predicted octanol–water partition coefficient (Wildman–Crippen LogP) is 2.87. The van der Waals surface area contributed by atoms with Crippen molar-refractivity contribution in [3.05, 3.63) is 48.8 Å². The normalized spacial score (nSPS) is 20.1. The number of aromatic nitrogens is 1. The average Bonchev–Trinajstić information content (AvgIpc) is 2.63. The highest BCUT2D eigenvalue weighted by Crippen LogP contribution is 2.28. The van der Waals surface area contributed by atoms with Crippen LogP contribution in [0.2, 0.25) is 0 Å². The standard InChI is InChI=1S/C19H22N4O2/c1-13-6-7-15(18(20)24)12-23(13)19(25)22-17-5-3-2-4-16(17)14-8-10-21-11-9-14/h2-5,8-11,13,15H,6-7,12H2,1H3,(H2,20,24)(H,22,25)/t13-,15+/m1/s1. The van der Waals surface area contributed by atoms with Gasteiger partial charge in [0.1, 0.15) is 0 Å². The van der Waals surface area contributed by atoms with Crippen LogP contribution in [0.3, 0.4) is 0 Å². The zero-order valence-electron chi connectivity index (χ0n) is 14.2. The number of primary amides is 1. The SMILES string of the molecule is C[C@@H]1CC[C@H](C(N)=O)CN1C(=O)Nc1ccccc1-c1ccncc1. The Labute approximate surface area is 147 Å². The molecule has 2 atom stereocenters. The highest BCUT2D eigenvalue weighted by atomic mass is 16.2. The Bertz CT molecular complexity index is 763. The van der Waals surface area contributed by atoms with Gasteiger partial charge in [-0.3, -0.25) is 9.78 Å². The van der Waals surface area contributed by atoms with Crippen molar-refractivity contribution in [3.63, 3.8) is 0 Å². The minimum atomic E-state index is -0.345. The number of urea groups is 1. The summed E-state index contributed by atoms with van der Waals surface area (Å²) in [5.74, 6) is -0.626. The minimum absolute atomic E-state index is 0.0729. The predicted molar refractivity (Wildman–Crippen MR) is 96.8 cm³/mol. The topological polar surface area (TPSA) is 88.3 Å². The first-order valence-electron chi connectivity index (χ1n) is 8.42. The lowest BCUT2D eigenvalue weighted by Gasteiger charge is -2.36. The molecule has 0 radical (unpaired) electrons. The number of carbonyl (C=O) groups excluding carboxylic acids is 2. The van der Waals surface area contributed by atoms with Gasteiger partial charge in [0.2, 0.25) is 5.91 Å². The molecule has 1 fully saturated rings. The van der Waals surface area contributed by atoms with E-state index in [4.69, 9.17) is 5.73 Å². The largest absolute Gasteiger partial charge is 0.369 e. The van der Waals surface area contributed by atoms with Crippen molar-refractivity contribution >= 4 is 17.6 Å². The van der Waals surface area contributed by atoms with Gasteiger partial charge in [0, 0.05) is 30.5 Å². The second-order valence-corrected chi connectivity index (χ2v) is 6.39. The first-order valence-corrected chi connectivity index (χ1v) is 8.42. The summed E-state index contributed by atoms with van der Waals surface area (Å²) in [6.07, 6.45) is 4.94. The second kappa shape index (κ2) is 7.34. The Hall–Kier alpha value is -2.89. The average molecular weight is 338 g/mol. The van der Waals surface area contributed by atoms with E-state index in [1.165, 1.54) is 0 Å². The summed E-state index contributed by atoms with van der Waals surface area (Å²) < 4.78 is 0. The van der Waals surface area contributed by atoms with E-state index in [1.54, 1.807) is 17.3 Å². The van der Waals surface area contributed by atoms with Crippen LogP contribution in [0, 0.1) is 5.92 Å². The molecule has 1 aromatic heterocycles. The number of nitrogens with one attached hydrogen (secondary N) is 1. The Kier molecular flexibility index (Phi) is 4.97. The van der Waals surface area contributed by atoms with Gasteiger partial charge in [0.25, 0.3) is 0 Å². The molecule has 0 bridgehead atoms. The van der Waals surface area contributed by atoms with E-state index in [0.717, 1.165) is 29.7 Å². The van der Waals surface area contributed by atoms with Crippen molar-refractivity contribution in [2.45, 2.75) is 25.8 Å². The summed E-state index contributed by atoms with van der Waals surface area (Å²) in [6.45, 7) is 2.35. The molecule has 1 saturated heterocycles. The number of hydrogen-bond acceptors (Lipinski definition) is 3. The summed E-state index contributed by atoms with van der Waals surface area (Å²) in [7, 11) is 0. The number of nitrogens with zero attached hydrogens (tertiary/aromatic N) is 2. The third-order valence-electron chi connectivity index (χ3n) is 4.71. The van der Waals surface area contributed by atoms with E-state index < -0.39 is 0 Å². The maximum Gasteiger partial charge on any atom is 0.322 e. The van der Waals surface area contributed by atoms with Gasteiger partial charge in [-0.15, -0.1) is 0 Å². The first-order chi connectivity index (χ1) is 12.1. The van der Waals surface area contributed by atoms with Crippen LogP contribution in [-0.4, -0.2) is 34.4 Å². The number of benzene rings is 1. The summed E-state index contributed by atoms with van der Waals surface area (Å²) in [5, 5.41) is 2.98. The lowest BCUT2D eigenvalue weighted by atomic mass is 9.93. The molecule has 25 heavy (non-hydrogen) atoms. The fraction of sp³-hybridized carbons (Fsp3) is 0.316. The molecule has 6 nitrogen and oxygen atoms in total. The Balaban J connectivity index is 1.80. The van der Waals surface area contributed by atoms with Gasteiger partial charge in [0.15, 0.2) is 0 Å². The zero-order valence-corrected chi connectivity index (χ0v) is 14.2. The maximum atomic E-state index is 12.8. The van der Waals surface area contributed by atoms with E-state index in [2.05, 4.69) is 10.3 Å². The van der Waals surface area contributed by atoms with E-state index >= 15 is 0 Å². The first kappa shape index (κ1) is 17.0. The number of piperidine rings is 1. The fourth-order valence-corrected chi connectivity index (χ4v) is 3.18. The number of rotatable bonds is 3. The molecule has 130 valence electrons.